The average Bonchev–Trinajstić information content (AvgIpc) is 2.45. The molecule has 1 heterocycles. The molecule has 1 N–H and O–H groups in total. The van der Waals surface area contributed by atoms with Crippen molar-refractivity contribution < 1.29 is 5.11 Å². The van der Waals surface area contributed by atoms with Crippen LogP contribution in [0.25, 0.3) is 0 Å². The molecule has 1 aromatic carbocycles. The maximum atomic E-state index is 9.21. The second-order valence-corrected chi connectivity index (χ2v) is 5.59. The maximum absolute atomic E-state index is 9.21. The molecule has 0 aliphatic carbocycles. The Morgan fingerprint density at radius 2 is 2.00 bits per heavy atom. The molecule has 0 saturated carbocycles. The van der Waals surface area contributed by atoms with E-state index in [1.54, 1.807) is 0 Å². The van der Waals surface area contributed by atoms with E-state index >= 15 is 0 Å². The fourth-order valence-corrected chi connectivity index (χ4v) is 2.74. The highest BCUT2D eigenvalue weighted by Crippen LogP contribution is 2.25. The Morgan fingerprint density at radius 1 is 1.26 bits per heavy atom. The van der Waals surface area contributed by atoms with Crippen molar-refractivity contribution in [1.29, 1.82) is 5.26 Å². The van der Waals surface area contributed by atoms with Crippen LogP contribution in [0.5, 0.6) is 0 Å². The van der Waals surface area contributed by atoms with Crippen molar-refractivity contribution in [3.63, 3.8) is 0 Å². The second-order valence-electron chi connectivity index (χ2n) is 4.68. The van der Waals surface area contributed by atoms with Gasteiger partial charge in [-0.1, -0.05) is 15.9 Å². The highest BCUT2D eigenvalue weighted by molar-refractivity contribution is 9.10. The van der Waals surface area contributed by atoms with Crippen LogP contribution in [0.1, 0.15) is 12.0 Å². The number of nitrogens with zero attached hydrogens (tertiary/aromatic N) is 3. The van der Waals surface area contributed by atoms with E-state index in [4.69, 9.17) is 5.11 Å². The SMILES string of the molecule is N#Cc1cc(Br)ccc1N1CCN(CCCO)CC1. The van der Waals surface area contributed by atoms with Gasteiger partial charge in [0.2, 0.25) is 0 Å². The molecule has 1 aromatic rings. The number of aliphatic hydroxyl groups is 1. The molecule has 102 valence electrons. The summed E-state index contributed by atoms with van der Waals surface area (Å²) < 4.78 is 0.939. The third kappa shape index (κ3) is 3.69. The van der Waals surface area contributed by atoms with E-state index in [2.05, 4.69) is 31.8 Å². The Hall–Kier alpha value is -1.09. The van der Waals surface area contributed by atoms with Crippen molar-refractivity contribution in [1.82, 2.24) is 4.90 Å². The van der Waals surface area contributed by atoms with Crippen LogP contribution in [0.15, 0.2) is 22.7 Å². The predicted molar refractivity (Wildman–Crippen MR) is 79.2 cm³/mol. The van der Waals surface area contributed by atoms with Crippen LogP contribution in [0.2, 0.25) is 0 Å². The van der Waals surface area contributed by atoms with Crippen molar-refractivity contribution in [2.75, 3.05) is 44.2 Å². The van der Waals surface area contributed by atoms with Crippen molar-refractivity contribution in [3.05, 3.63) is 28.2 Å². The van der Waals surface area contributed by atoms with Gasteiger partial charge in [-0.3, -0.25) is 4.90 Å². The van der Waals surface area contributed by atoms with Gasteiger partial charge in [0.1, 0.15) is 6.07 Å². The molecule has 0 radical (unpaired) electrons. The van der Waals surface area contributed by atoms with Gasteiger partial charge in [-0.05, 0) is 24.6 Å². The van der Waals surface area contributed by atoms with E-state index in [1.165, 1.54) is 0 Å². The number of anilines is 1. The lowest BCUT2D eigenvalue weighted by Gasteiger charge is -2.36. The zero-order valence-corrected chi connectivity index (χ0v) is 12.4. The molecule has 0 spiro atoms. The summed E-state index contributed by atoms with van der Waals surface area (Å²) in [6, 6.07) is 8.12. The summed E-state index contributed by atoms with van der Waals surface area (Å²) in [6.07, 6.45) is 0.835. The molecule has 19 heavy (non-hydrogen) atoms. The summed E-state index contributed by atoms with van der Waals surface area (Å²) in [5.41, 5.74) is 1.74. The lowest BCUT2D eigenvalue weighted by molar-refractivity contribution is 0.216. The summed E-state index contributed by atoms with van der Waals surface area (Å²) in [5.74, 6) is 0. The Morgan fingerprint density at radius 3 is 2.63 bits per heavy atom. The standard InChI is InChI=1S/C14H18BrN3O/c15-13-2-3-14(12(10-13)11-16)18-7-5-17(6-8-18)4-1-9-19/h2-3,10,19H,1,4-9H2. The molecule has 0 amide bonds. The lowest BCUT2D eigenvalue weighted by atomic mass is 10.1. The van der Waals surface area contributed by atoms with E-state index in [1.807, 2.05) is 18.2 Å². The van der Waals surface area contributed by atoms with Crippen LogP contribution in [0.4, 0.5) is 5.69 Å². The first kappa shape index (κ1) is 14.3. The van der Waals surface area contributed by atoms with E-state index in [0.717, 1.165) is 54.9 Å². The fourth-order valence-electron chi connectivity index (χ4n) is 2.38. The Bertz CT molecular complexity index is 464. The molecule has 1 aliphatic rings. The van der Waals surface area contributed by atoms with Gasteiger partial charge < -0.3 is 10.0 Å². The number of hydrogen-bond donors (Lipinski definition) is 1. The lowest BCUT2D eigenvalue weighted by Crippen LogP contribution is -2.47. The molecule has 0 unspecified atom stereocenters. The fraction of sp³-hybridized carbons (Fsp3) is 0.500. The largest absolute Gasteiger partial charge is 0.396 e. The summed E-state index contributed by atoms with van der Waals surface area (Å²) in [6.45, 7) is 5.05. The van der Waals surface area contributed by atoms with Gasteiger partial charge in [0, 0.05) is 43.8 Å². The van der Waals surface area contributed by atoms with Gasteiger partial charge in [0.05, 0.1) is 11.3 Å². The van der Waals surface area contributed by atoms with Crippen molar-refractivity contribution in [2.24, 2.45) is 0 Å². The highest BCUT2D eigenvalue weighted by Gasteiger charge is 2.18. The minimum Gasteiger partial charge on any atom is -0.396 e. The Labute approximate surface area is 122 Å². The molecule has 1 aliphatic heterocycles. The van der Waals surface area contributed by atoms with Crippen LogP contribution in [0, 0.1) is 11.3 Å². The topological polar surface area (TPSA) is 50.5 Å². The minimum absolute atomic E-state index is 0.255. The molecular weight excluding hydrogens is 306 g/mol. The first-order valence-electron chi connectivity index (χ1n) is 6.52. The maximum Gasteiger partial charge on any atom is 0.101 e. The van der Waals surface area contributed by atoms with Crippen molar-refractivity contribution >= 4 is 21.6 Å². The molecule has 1 saturated heterocycles. The Balaban J connectivity index is 2.00. The number of aliphatic hydroxyl groups excluding tert-OH is 1. The van der Waals surface area contributed by atoms with Crippen LogP contribution in [-0.4, -0.2) is 49.3 Å². The molecule has 4 nitrogen and oxygen atoms in total. The van der Waals surface area contributed by atoms with Crippen LogP contribution < -0.4 is 4.90 Å². The summed E-state index contributed by atoms with van der Waals surface area (Å²) in [4.78, 5) is 4.62. The third-order valence-corrected chi connectivity index (χ3v) is 3.92. The van der Waals surface area contributed by atoms with Crippen LogP contribution in [-0.2, 0) is 0 Å². The van der Waals surface area contributed by atoms with E-state index in [0.29, 0.717) is 0 Å². The monoisotopic (exact) mass is 323 g/mol. The molecule has 0 bridgehead atoms. The first-order chi connectivity index (χ1) is 9.24. The Kier molecular flexibility index (Phi) is 5.20. The smallest absolute Gasteiger partial charge is 0.101 e. The molecule has 0 atom stereocenters. The zero-order valence-electron chi connectivity index (χ0n) is 10.8. The molecule has 5 heteroatoms. The zero-order chi connectivity index (χ0) is 13.7. The van der Waals surface area contributed by atoms with Gasteiger partial charge in [-0.25, -0.2) is 0 Å². The highest BCUT2D eigenvalue weighted by atomic mass is 79.9. The quantitative estimate of drug-likeness (QED) is 0.918. The number of hydrogen-bond acceptors (Lipinski definition) is 4. The molecule has 2 rings (SSSR count). The number of nitriles is 1. The van der Waals surface area contributed by atoms with E-state index < -0.39 is 0 Å². The van der Waals surface area contributed by atoms with Crippen molar-refractivity contribution in [2.45, 2.75) is 6.42 Å². The second kappa shape index (κ2) is 6.90. The number of halogens is 1. The van der Waals surface area contributed by atoms with E-state index in [9.17, 15) is 5.26 Å². The minimum atomic E-state index is 0.255. The van der Waals surface area contributed by atoms with Gasteiger partial charge in [-0.2, -0.15) is 5.26 Å². The number of piperazine rings is 1. The van der Waals surface area contributed by atoms with E-state index in [-0.39, 0.29) is 6.61 Å². The summed E-state index contributed by atoms with van der Waals surface area (Å²) in [5, 5.41) is 18.0. The van der Waals surface area contributed by atoms with Gasteiger partial charge in [0.25, 0.3) is 0 Å². The number of benzene rings is 1. The summed E-state index contributed by atoms with van der Waals surface area (Å²) >= 11 is 3.40. The normalized spacial score (nSPS) is 16.4. The molecule has 0 aromatic heterocycles. The third-order valence-electron chi connectivity index (χ3n) is 3.42. The van der Waals surface area contributed by atoms with Crippen LogP contribution >= 0.6 is 15.9 Å². The first-order valence-corrected chi connectivity index (χ1v) is 7.31. The molecule has 1 fully saturated rings. The van der Waals surface area contributed by atoms with Crippen LogP contribution in [0.3, 0.4) is 0 Å². The average molecular weight is 324 g/mol. The van der Waals surface area contributed by atoms with Gasteiger partial charge in [-0.15, -0.1) is 0 Å². The van der Waals surface area contributed by atoms with Gasteiger partial charge in [0.15, 0.2) is 0 Å². The van der Waals surface area contributed by atoms with Gasteiger partial charge >= 0.3 is 0 Å². The van der Waals surface area contributed by atoms with Crippen molar-refractivity contribution in [3.8, 4) is 6.07 Å². The molecular formula is C14H18BrN3O. The predicted octanol–water partition coefficient (Wildman–Crippen LogP) is 1.83. The summed E-state index contributed by atoms with van der Waals surface area (Å²) in [7, 11) is 0. The number of rotatable bonds is 4.